The Balaban J connectivity index is 2.08. The Morgan fingerprint density at radius 2 is 2.04 bits per heavy atom. The smallest absolute Gasteiger partial charge is 0.269 e. The quantitative estimate of drug-likeness (QED) is 0.856. The van der Waals surface area contributed by atoms with Crippen LogP contribution in [-0.2, 0) is 0 Å². The van der Waals surface area contributed by atoms with Crippen molar-refractivity contribution in [1.29, 1.82) is 0 Å². The molecule has 0 aliphatic carbocycles. The molecule has 23 heavy (non-hydrogen) atoms. The molecule has 0 saturated carbocycles. The molecule has 0 spiro atoms. The molecule has 1 aromatic carbocycles. The molecule has 0 aliphatic rings. The summed E-state index contributed by atoms with van der Waals surface area (Å²) in [5, 5.41) is 6.11. The number of anilines is 2. The van der Waals surface area contributed by atoms with Crippen molar-refractivity contribution in [3.8, 4) is 5.75 Å². The Morgan fingerprint density at radius 1 is 1.26 bits per heavy atom. The van der Waals surface area contributed by atoms with Crippen molar-refractivity contribution < 1.29 is 9.53 Å². The first-order chi connectivity index (χ1) is 11.0. The van der Waals surface area contributed by atoms with Crippen molar-refractivity contribution in [2.45, 2.75) is 20.8 Å². The van der Waals surface area contributed by atoms with Crippen LogP contribution in [0, 0.1) is 12.8 Å². The average molecular weight is 313 g/mol. The number of hydrogen-bond acceptors (Lipinski definition) is 4. The second kappa shape index (κ2) is 7.63. The molecule has 1 heterocycles. The van der Waals surface area contributed by atoms with E-state index in [1.807, 2.05) is 31.2 Å². The summed E-state index contributed by atoms with van der Waals surface area (Å²) in [5.41, 5.74) is 3.21. The topological polar surface area (TPSA) is 63.2 Å². The summed E-state index contributed by atoms with van der Waals surface area (Å²) in [6.07, 6.45) is 1.64. The van der Waals surface area contributed by atoms with Gasteiger partial charge in [0.25, 0.3) is 5.91 Å². The van der Waals surface area contributed by atoms with Crippen LogP contribution >= 0.6 is 0 Å². The van der Waals surface area contributed by atoms with Crippen LogP contribution in [0.4, 0.5) is 11.4 Å². The second-order valence-corrected chi connectivity index (χ2v) is 5.86. The molecule has 0 saturated heterocycles. The second-order valence-electron chi connectivity index (χ2n) is 5.86. The highest BCUT2D eigenvalue weighted by atomic mass is 16.5. The van der Waals surface area contributed by atoms with Crippen LogP contribution in [0.5, 0.6) is 5.75 Å². The highest BCUT2D eigenvalue weighted by molar-refractivity contribution is 5.92. The first-order valence-corrected chi connectivity index (χ1v) is 7.65. The van der Waals surface area contributed by atoms with Crippen molar-refractivity contribution in [3.63, 3.8) is 0 Å². The van der Waals surface area contributed by atoms with Crippen LogP contribution in [0.25, 0.3) is 0 Å². The van der Waals surface area contributed by atoms with Gasteiger partial charge >= 0.3 is 0 Å². The fraction of sp³-hybridized carbons (Fsp3) is 0.333. The lowest BCUT2D eigenvalue weighted by molar-refractivity contribution is 0.0944. The molecule has 0 atom stereocenters. The molecule has 1 amide bonds. The minimum absolute atomic E-state index is 0.154. The Labute approximate surface area is 137 Å². The number of aryl methyl sites for hydroxylation is 1. The van der Waals surface area contributed by atoms with Crippen LogP contribution in [0.3, 0.4) is 0 Å². The van der Waals surface area contributed by atoms with E-state index < -0.39 is 0 Å². The van der Waals surface area contributed by atoms with E-state index in [2.05, 4.69) is 29.5 Å². The third-order valence-corrected chi connectivity index (χ3v) is 3.30. The molecule has 2 rings (SSSR count). The lowest BCUT2D eigenvalue weighted by Gasteiger charge is -2.12. The summed E-state index contributed by atoms with van der Waals surface area (Å²) in [4.78, 5) is 16.2. The van der Waals surface area contributed by atoms with Gasteiger partial charge < -0.3 is 15.4 Å². The molecule has 5 heteroatoms. The van der Waals surface area contributed by atoms with E-state index >= 15 is 0 Å². The van der Waals surface area contributed by atoms with E-state index in [4.69, 9.17) is 4.74 Å². The Hall–Kier alpha value is -2.56. The summed E-state index contributed by atoms with van der Waals surface area (Å²) in [5.74, 6) is 1.02. The van der Waals surface area contributed by atoms with Crippen LogP contribution in [0.1, 0.15) is 29.9 Å². The number of nitrogens with one attached hydrogen (secondary N) is 2. The first kappa shape index (κ1) is 16.8. The van der Waals surface area contributed by atoms with Crippen LogP contribution in [0.2, 0.25) is 0 Å². The van der Waals surface area contributed by atoms with Crippen molar-refractivity contribution in [1.82, 2.24) is 10.3 Å². The maximum absolute atomic E-state index is 11.9. The molecular formula is C18H23N3O2. The van der Waals surface area contributed by atoms with Gasteiger partial charge in [0.05, 0.1) is 24.7 Å². The molecule has 0 bridgehead atoms. The number of benzene rings is 1. The lowest BCUT2D eigenvalue weighted by Crippen LogP contribution is -2.27. The zero-order chi connectivity index (χ0) is 16.8. The van der Waals surface area contributed by atoms with Gasteiger partial charge in [0.1, 0.15) is 11.4 Å². The molecule has 5 nitrogen and oxygen atoms in total. The maximum Gasteiger partial charge on any atom is 0.269 e. The number of aromatic nitrogens is 1. The van der Waals surface area contributed by atoms with E-state index in [0.29, 0.717) is 18.2 Å². The number of carbonyl (C=O) groups is 1. The van der Waals surface area contributed by atoms with Gasteiger partial charge in [-0.3, -0.25) is 4.79 Å². The average Bonchev–Trinajstić information content (AvgIpc) is 2.53. The molecule has 0 aliphatic heterocycles. The van der Waals surface area contributed by atoms with E-state index in [-0.39, 0.29) is 5.91 Å². The molecule has 0 fully saturated rings. The predicted octanol–water partition coefficient (Wildman–Crippen LogP) is 3.53. The minimum atomic E-state index is -0.154. The van der Waals surface area contributed by atoms with Crippen molar-refractivity contribution in [2.75, 3.05) is 19.0 Å². The number of ether oxygens (including phenoxy) is 1. The molecule has 0 unspecified atom stereocenters. The van der Waals surface area contributed by atoms with E-state index in [0.717, 1.165) is 22.7 Å². The Kier molecular flexibility index (Phi) is 5.57. The standard InChI is InChI=1S/C18H23N3O2/c1-12(2)10-20-18(22)15-7-6-14(11-19-15)21-16-9-13(3)5-8-17(16)23-4/h5-9,11-12,21H,10H2,1-4H3,(H,20,22). The first-order valence-electron chi connectivity index (χ1n) is 7.65. The largest absolute Gasteiger partial charge is 0.495 e. The van der Waals surface area contributed by atoms with E-state index in [9.17, 15) is 4.79 Å². The number of amides is 1. The SMILES string of the molecule is COc1ccc(C)cc1Nc1ccc(C(=O)NCC(C)C)nc1. The van der Waals surface area contributed by atoms with Crippen LogP contribution in [0.15, 0.2) is 36.5 Å². The van der Waals surface area contributed by atoms with Gasteiger partial charge in [-0.1, -0.05) is 19.9 Å². The highest BCUT2D eigenvalue weighted by Crippen LogP contribution is 2.28. The lowest BCUT2D eigenvalue weighted by atomic mass is 10.2. The van der Waals surface area contributed by atoms with E-state index in [1.54, 1.807) is 19.4 Å². The van der Waals surface area contributed by atoms with Gasteiger partial charge in [-0.2, -0.15) is 0 Å². The monoisotopic (exact) mass is 313 g/mol. The number of methoxy groups -OCH3 is 1. The molecule has 1 aromatic heterocycles. The zero-order valence-electron chi connectivity index (χ0n) is 14.0. The molecule has 122 valence electrons. The normalized spacial score (nSPS) is 10.5. The van der Waals surface area contributed by atoms with Crippen LogP contribution < -0.4 is 15.4 Å². The van der Waals surface area contributed by atoms with Gasteiger partial charge in [-0.05, 0) is 42.7 Å². The van der Waals surface area contributed by atoms with Gasteiger partial charge in [-0.15, -0.1) is 0 Å². The third kappa shape index (κ3) is 4.71. The molecule has 2 N–H and O–H groups in total. The fourth-order valence-electron chi connectivity index (χ4n) is 2.06. The predicted molar refractivity (Wildman–Crippen MR) is 92.4 cm³/mol. The summed E-state index contributed by atoms with van der Waals surface area (Å²) >= 11 is 0. The maximum atomic E-state index is 11.9. The Bertz CT molecular complexity index is 666. The molecular weight excluding hydrogens is 290 g/mol. The number of nitrogens with zero attached hydrogens (tertiary/aromatic N) is 1. The van der Waals surface area contributed by atoms with Gasteiger partial charge in [-0.25, -0.2) is 4.98 Å². The van der Waals surface area contributed by atoms with Crippen molar-refractivity contribution >= 4 is 17.3 Å². The number of hydrogen-bond donors (Lipinski definition) is 2. The van der Waals surface area contributed by atoms with Gasteiger partial charge in [0.15, 0.2) is 0 Å². The van der Waals surface area contributed by atoms with Gasteiger partial charge in [0, 0.05) is 6.54 Å². The van der Waals surface area contributed by atoms with E-state index in [1.165, 1.54) is 0 Å². The molecule has 2 aromatic rings. The van der Waals surface area contributed by atoms with Crippen molar-refractivity contribution in [2.24, 2.45) is 5.92 Å². The highest BCUT2D eigenvalue weighted by Gasteiger charge is 2.08. The summed E-state index contributed by atoms with van der Waals surface area (Å²) in [6.45, 7) is 6.76. The summed E-state index contributed by atoms with van der Waals surface area (Å²) < 4.78 is 5.34. The zero-order valence-corrected chi connectivity index (χ0v) is 14.0. The van der Waals surface area contributed by atoms with Crippen LogP contribution in [-0.4, -0.2) is 24.5 Å². The third-order valence-electron chi connectivity index (χ3n) is 3.30. The van der Waals surface area contributed by atoms with Crippen molar-refractivity contribution in [3.05, 3.63) is 47.8 Å². The Morgan fingerprint density at radius 3 is 2.65 bits per heavy atom. The summed E-state index contributed by atoms with van der Waals surface area (Å²) in [7, 11) is 1.64. The van der Waals surface area contributed by atoms with Gasteiger partial charge in [0.2, 0.25) is 0 Å². The fourth-order valence-corrected chi connectivity index (χ4v) is 2.06. The minimum Gasteiger partial charge on any atom is -0.495 e. The number of rotatable bonds is 6. The molecule has 0 radical (unpaired) electrons. The number of pyridine rings is 1. The summed E-state index contributed by atoms with van der Waals surface area (Å²) in [6, 6.07) is 9.45. The number of carbonyl (C=O) groups excluding carboxylic acids is 1.